The maximum Gasteiger partial charge on any atom is 0.0637 e. The van der Waals surface area contributed by atoms with Crippen LogP contribution in [-0.4, -0.2) is 32.3 Å². The molecule has 1 aromatic carbocycles. The Morgan fingerprint density at radius 3 is 2.47 bits per heavy atom. The van der Waals surface area contributed by atoms with Gasteiger partial charge in [0.25, 0.3) is 0 Å². The second kappa shape index (κ2) is 6.92. The summed E-state index contributed by atoms with van der Waals surface area (Å²) in [5, 5.41) is 3.45. The normalized spacial score (nSPS) is 14.9. The molecule has 0 bridgehead atoms. The van der Waals surface area contributed by atoms with Crippen LogP contribution in [0.25, 0.3) is 0 Å². The molecule has 0 amide bonds. The van der Waals surface area contributed by atoms with Crippen LogP contribution in [-0.2, 0) is 11.3 Å². The molecule has 3 nitrogen and oxygen atoms in total. The number of methoxy groups -OCH3 is 1. The lowest BCUT2D eigenvalue weighted by Crippen LogP contribution is -2.29. The summed E-state index contributed by atoms with van der Waals surface area (Å²) in [7, 11) is 1.77. The zero-order chi connectivity index (χ0) is 13.7. The summed E-state index contributed by atoms with van der Waals surface area (Å²) < 4.78 is 5.21. The number of rotatable bonds is 8. The van der Waals surface area contributed by atoms with Gasteiger partial charge < -0.3 is 15.0 Å². The average molecular weight is 262 g/mol. The number of ether oxygens (including phenoxy) is 1. The zero-order valence-electron chi connectivity index (χ0n) is 12.4. The fourth-order valence-corrected chi connectivity index (χ4v) is 2.23. The summed E-state index contributed by atoms with van der Waals surface area (Å²) in [5.41, 5.74) is 2.67. The number of nitrogens with one attached hydrogen (secondary N) is 1. The molecule has 106 valence electrons. The van der Waals surface area contributed by atoms with Gasteiger partial charge in [0.05, 0.1) is 6.61 Å². The van der Waals surface area contributed by atoms with Crippen LogP contribution in [0.2, 0.25) is 0 Å². The Hall–Kier alpha value is -1.06. The third kappa shape index (κ3) is 4.51. The molecule has 0 radical (unpaired) electrons. The van der Waals surface area contributed by atoms with E-state index in [0.717, 1.165) is 25.7 Å². The maximum absolute atomic E-state index is 5.21. The summed E-state index contributed by atoms with van der Waals surface area (Å²) in [6.45, 7) is 7.08. The predicted molar refractivity (Wildman–Crippen MR) is 80.7 cm³/mol. The first-order valence-electron chi connectivity index (χ1n) is 7.28. The molecule has 1 fully saturated rings. The van der Waals surface area contributed by atoms with Gasteiger partial charge in [0, 0.05) is 38.0 Å². The van der Waals surface area contributed by atoms with E-state index >= 15 is 0 Å². The van der Waals surface area contributed by atoms with Crippen LogP contribution >= 0.6 is 0 Å². The minimum Gasteiger partial charge on any atom is -0.383 e. The number of nitrogens with zero attached hydrogens (tertiary/aromatic N) is 1. The van der Waals surface area contributed by atoms with Crippen molar-refractivity contribution in [3.05, 3.63) is 29.8 Å². The van der Waals surface area contributed by atoms with Crippen LogP contribution in [0.5, 0.6) is 0 Å². The molecular formula is C16H26N2O. The van der Waals surface area contributed by atoms with Crippen LogP contribution in [0, 0.1) is 0 Å². The van der Waals surface area contributed by atoms with E-state index in [9.17, 15) is 0 Å². The highest BCUT2D eigenvalue weighted by atomic mass is 16.5. The molecule has 0 unspecified atom stereocenters. The van der Waals surface area contributed by atoms with Gasteiger partial charge in [-0.15, -0.1) is 0 Å². The summed E-state index contributed by atoms with van der Waals surface area (Å²) >= 11 is 0. The van der Waals surface area contributed by atoms with Crippen molar-refractivity contribution < 1.29 is 4.74 Å². The van der Waals surface area contributed by atoms with Crippen LogP contribution in [0.1, 0.15) is 32.3 Å². The summed E-state index contributed by atoms with van der Waals surface area (Å²) in [6, 6.07) is 10.2. The topological polar surface area (TPSA) is 24.5 Å². The highest BCUT2D eigenvalue weighted by Gasteiger charge is 2.28. The van der Waals surface area contributed by atoms with E-state index in [1.54, 1.807) is 7.11 Å². The van der Waals surface area contributed by atoms with Crippen molar-refractivity contribution in [3.63, 3.8) is 0 Å². The fraction of sp³-hybridized carbons (Fsp3) is 0.625. The predicted octanol–water partition coefficient (Wildman–Crippen LogP) is 2.80. The standard InChI is InChI=1S/C16H26N2O/c1-13(2)17-12-14-4-6-15(7-5-14)18(10-11-19-3)16-8-9-16/h4-7,13,16-17H,8-12H2,1-3H3. The molecule has 0 saturated heterocycles. The molecular weight excluding hydrogens is 236 g/mol. The van der Waals surface area contributed by atoms with Crippen molar-refractivity contribution in [2.75, 3.05) is 25.2 Å². The van der Waals surface area contributed by atoms with Gasteiger partial charge in [-0.2, -0.15) is 0 Å². The Morgan fingerprint density at radius 2 is 1.95 bits per heavy atom. The van der Waals surface area contributed by atoms with Crippen LogP contribution in [0.15, 0.2) is 24.3 Å². The molecule has 3 heteroatoms. The molecule has 1 aromatic rings. The summed E-state index contributed by atoms with van der Waals surface area (Å²) in [6.07, 6.45) is 2.64. The molecule has 0 aromatic heterocycles. The van der Waals surface area contributed by atoms with Gasteiger partial charge in [0.2, 0.25) is 0 Å². The van der Waals surface area contributed by atoms with Crippen molar-refractivity contribution in [3.8, 4) is 0 Å². The smallest absolute Gasteiger partial charge is 0.0637 e. The molecule has 0 aliphatic heterocycles. The minimum absolute atomic E-state index is 0.532. The molecule has 2 rings (SSSR count). The van der Waals surface area contributed by atoms with E-state index in [2.05, 4.69) is 48.3 Å². The first kappa shape index (κ1) is 14.4. The summed E-state index contributed by atoms with van der Waals surface area (Å²) in [5.74, 6) is 0. The highest BCUT2D eigenvalue weighted by molar-refractivity contribution is 5.49. The van der Waals surface area contributed by atoms with Crippen molar-refractivity contribution >= 4 is 5.69 Å². The summed E-state index contributed by atoms with van der Waals surface area (Å²) in [4.78, 5) is 2.48. The largest absolute Gasteiger partial charge is 0.383 e. The van der Waals surface area contributed by atoms with Gasteiger partial charge in [0.15, 0.2) is 0 Å². The third-order valence-electron chi connectivity index (χ3n) is 3.51. The minimum atomic E-state index is 0.532. The van der Waals surface area contributed by atoms with Crippen molar-refractivity contribution in [2.45, 2.75) is 45.3 Å². The van der Waals surface area contributed by atoms with Gasteiger partial charge >= 0.3 is 0 Å². The number of anilines is 1. The molecule has 0 spiro atoms. The average Bonchev–Trinajstić information content (AvgIpc) is 3.23. The van der Waals surface area contributed by atoms with Crippen molar-refractivity contribution in [2.24, 2.45) is 0 Å². The monoisotopic (exact) mass is 262 g/mol. The van der Waals surface area contributed by atoms with Gasteiger partial charge in [0.1, 0.15) is 0 Å². The first-order chi connectivity index (χ1) is 9.20. The molecule has 1 aliphatic rings. The van der Waals surface area contributed by atoms with E-state index in [0.29, 0.717) is 6.04 Å². The maximum atomic E-state index is 5.21. The molecule has 0 heterocycles. The number of hydrogen-bond acceptors (Lipinski definition) is 3. The Bertz CT molecular complexity index is 371. The van der Waals surface area contributed by atoms with E-state index in [1.807, 2.05) is 0 Å². The highest BCUT2D eigenvalue weighted by Crippen LogP contribution is 2.31. The molecule has 1 saturated carbocycles. The second-order valence-electron chi connectivity index (χ2n) is 5.62. The second-order valence-corrected chi connectivity index (χ2v) is 5.62. The number of benzene rings is 1. The van der Waals surface area contributed by atoms with Gasteiger partial charge in [-0.05, 0) is 30.5 Å². The van der Waals surface area contributed by atoms with Crippen LogP contribution in [0.3, 0.4) is 0 Å². The van der Waals surface area contributed by atoms with Crippen LogP contribution in [0.4, 0.5) is 5.69 Å². The lowest BCUT2D eigenvalue weighted by Gasteiger charge is -2.24. The quantitative estimate of drug-likeness (QED) is 0.779. The fourth-order valence-electron chi connectivity index (χ4n) is 2.23. The first-order valence-corrected chi connectivity index (χ1v) is 7.28. The zero-order valence-corrected chi connectivity index (χ0v) is 12.4. The van der Waals surface area contributed by atoms with Crippen molar-refractivity contribution in [1.82, 2.24) is 5.32 Å². The molecule has 1 N–H and O–H groups in total. The third-order valence-corrected chi connectivity index (χ3v) is 3.51. The van der Waals surface area contributed by atoms with E-state index in [4.69, 9.17) is 4.74 Å². The lowest BCUT2D eigenvalue weighted by atomic mass is 10.2. The van der Waals surface area contributed by atoms with E-state index < -0.39 is 0 Å². The van der Waals surface area contributed by atoms with E-state index in [1.165, 1.54) is 24.1 Å². The van der Waals surface area contributed by atoms with Crippen molar-refractivity contribution in [1.29, 1.82) is 0 Å². The Kier molecular flexibility index (Phi) is 5.23. The SMILES string of the molecule is COCCN(c1ccc(CNC(C)C)cc1)C1CC1. The Labute approximate surface area is 116 Å². The van der Waals surface area contributed by atoms with E-state index in [-0.39, 0.29) is 0 Å². The molecule has 19 heavy (non-hydrogen) atoms. The van der Waals surface area contributed by atoms with Crippen LogP contribution < -0.4 is 10.2 Å². The van der Waals surface area contributed by atoms with Gasteiger partial charge in [-0.25, -0.2) is 0 Å². The number of hydrogen-bond donors (Lipinski definition) is 1. The molecule has 0 atom stereocenters. The van der Waals surface area contributed by atoms with Gasteiger partial charge in [-0.3, -0.25) is 0 Å². The van der Waals surface area contributed by atoms with Gasteiger partial charge in [-0.1, -0.05) is 26.0 Å². The Balaban J connectivity index is 1.95. The Morgan fingerprint density at radius 1 is 1.26 bits per heavy atom. The molecule has 1 aliphatic carbocycles. The lowest BCUT2D eigenvalue weighted by molar-refractivity contribution is 0.205.